The van der Waals surface area contributed by atoms with Crippen molar-refractivity contribution in [3.8, 4) is 0 Å². The molecule has 0 aliphatic heterocycles. The molecule has 15 heavy (non-hydrogen) atoms. The Kier molecular flexibility index (Phi) is 2.45. The van der Waals surface area contributed by atoms with E-state index in [-0.39, 0.29) is 5.69 Å². The molecule has 1 heterocycles. The molecule has 0 fully saturated rings. The quantitative estimate of drug-likeness (QED) is 0.342. The summed E-state index contributed by atoms with van der Waals surface area (Å²) >= 11 is 3.26. The molecule has 0 saturated heterocycles. The number of azide groups is 1. The van der Waals surface area contributed by atoms with Gasteiger partial charge in [-0.1, -0.05) is 27.1 Å². The van der Waals surface area contributed by atoms with E-state index in [1.807, 2.05) is 6.07 Å². The summed E-state index contributed by atoms with van der Waals surface area (Å²) in [5.41, 5.74) is 8.01. The number of fused-ring (bicyclic) bond motifs is 1. The van der Waals surface area contributed by atoms with Gasteiger partial charge in [-0.05, 0) is 23.7 Å². The maximum atomic E-state index is 11.3. The van der Waals surface area contributed by atoms with Crippen LogP contribution >= 0.6 is 15.9 Å². The molecule has 0 aliphatic rings. The summed E-state index contributed by atoms with van der Waals surface area (Å²) in [5, 5.41) is 3.95. The highest BCUT2D eigenvalue weighted by molar-refractivity contribution is 9.10. The van der Waals surface area contributed by atoms with Gasteiger partial charge in [0.25, 0.3) is 0 Å². The van der Waals surface area contributed by atoms with Gasteiger partial charge in [-0.3, -0.25) is 0 Å². The van der Waals surface area contributed by atoms with Gasteiger partial charge < -0.3 is 4.42 Å². The molecule has 2 rings (SSSR count). The molecule has 0 unspecified atom stereocenters. The van der Waals surface area contributed by atoms with Crippen molar-refractivity contribution in [2.24, 2.45) is 5.11 Å². The van der Waals surface area contributed by atoms with E-state index in [1.165, 1.54) is 6.07 Å². The second kappa shape index (κ2) is 3.76. The fourth-order valence-corrected chi connectivity index (χ4v) is 1.53. The number of rotatable bonds is 1. The fourth-order valence-electron chi connectivity index (χ4n) is 1.19. The monoisotopic (exact) mass is 265 g/mol. The van der Waals surface area contributed by atoms with Gasteiger partial charge in [-0.25, -0.2) is 4.79 Å². The van der Waals surface area contributed by atoms with E-state index in [4.69, 9.17) is 9.95 Å². The molecule has 6 heteroatoms. The molecule has 0 spiro atoms. The Balaban J connectivity index is 2.81. The summed E-state index contributed by atoms with van der Waals surface area (Å²) in [5.74, 6) is 0. The summed E-state index contributed by atoms with van der Waals surface area (Å²) < 4.78 is 5.79. The van der Waals surface area contributed by atoms with E-state index < -0.39 is 5.63 Å². The first kappa shape index (κ1) is 9.76. The van der Waals surface area contributed by atoms with E-state index in [2.05, 4.69) is 26.0 Å². The van der Waals surface area contributed by atoms with Crippen molar-refractivity contribution in [1.82, 2.24) is 0 Å². The summed E-state index contributed by atoms with van der Waals surface area (Å²) in [4.78, 5) is 13.8. The van der Waals surface area contributed by atoms with Crippen LogP contribution in [0.25, 0.3) is 21.4 Å². The molecular formula is C9H4BrN3O2. The number of halogens is 1. The molecule has 0 bridgehead atoms. The van der Waals surface area contributed by atoms with E-state index in [0.29, 0.717) is 11.0 Å². The molecule has 0 atom stereocenters. The molecule has 0 aliphatic carbocycles. The van der Waals surface area contributed by atoms with Gasteiger partial charge in [0.2, 0.25) is 0 Å². The smallest absolute Gasteiger partial charge is 0.345 e. The van der Waals surface area contributed by atoms with Crippen molar-refractivity contribution < 1.29 is 4.42 Å². The van der Waals surface area contributed by atoms with Crippen LogP contribution in [0.1, 0.15) is 0 Å². The minimum atomic E-state index is -0.640. The van der Waals surface area contributed by atoms with Crippen molar-refractivity contribution in [3.63, 3.8) is 0 Å². The Labute approximate surface area is 92.1 Å². The first-order valence-corrected chi connectivity index (χ1v) is 4.78. The molecule has 0 radical (unpaired) electrons. The Morgan fingerprint density at radius 3 is 2.93 bits per heavy atom. The largest absolute Gasteiger partial charge is 0.422 e. The third-order valence-corrected chi connectivity index (χ3v) is 2.33. The normalized spacial score (nSPS) is 9.93. The highest BCUT2D eigenvalue weighted by Gasteiger charge is 2.03. The summed E-state index contributed by atoms with van der Waals surface area (Å²) in [6, 6.07) is 6.74. The summed E-state index contributed by atoms with van der Waals surface area (Å²) in [6.45, 7) is 0. The van der Waals surface area contributed by atoms with Crippen LogP contribution in [0.4, 0.5) is 5.69 Å². The highest BCUT2D eigenvalue weighted by Crippen LogP contribution is 2.21. The van der Waals surface area contributed by atoms with Gasteiger partial charge in [-0.15, -0.1) is 0 Å². The number of hydrogen-bond acceptors (Lipinski definition) is 3. The lowest BCUT2D eigenvalue weighted by atomic mass is 10.2. The fraction of sp³-hybridized carbons (Fsp3) is 0. The number of benzene rings is 1. The Morgan fingerprint density at radius 1 is 1.40 bits per heavy atom. The zero-order valence-corrected chi connectivity index (χ0v) is 8.93. The molecule has 0 N–H and O–H groups in total. The zero-order valence-electron chi connectivity index (χ0n) is 7.35. The lowest BCUT2D eigenvalue weighted by Gasteiger charge is -1.97. The average molecular weight is 266 g/mol. The standard InChI is InChI=1S/C9H4BrN3O2/c10-6-2-1-5-3-7(12-13-11)9(14)15-8(5)4-6/h1-4H. The van der Waals surface area contributed by atoms with E-state index in [1.54, 1.807) is 12.1 Å². The summed E-state index contributed by atoms with van der Waals surface area (Å²) in [6.07, 6.45) is 0. The number of hydrogen-bond donors (Lipinski definition) is 0. The zero-order chi connectivity index (χ0) is 10.8. The number of nitrogens with zero attached hydrogens (tertiary/aromatic N) is 3. The average Bonchev–Trinajstić information content (AvgIpc) is 2.20. The first-order chi connectivity index (χ1) is 7.20. The van der Waals surface area contributed by atoms with Crippen LogP contribution < -0.4 is 5.63 Å². The molecule has 2 aromatic rings. The van der Waals surface area contributed by atoms with Gasteiger partial charge in [0.15, 0.2) is 0 Å². The Bertz CT molecular complexity index is 629. The molecule has 74 valence electrons. The van der Waals surface area contributed by atoms with Crippen LogP contribution in [0.15, 0.2) is 43.1 Å². The Morgan fingerprint density at radius 2 is 2.20 bits per heavy atom. The predicted molar refractivity (Wildman–Crippen MR) is 59.0 cm³/mol. The molecule has 1 aromatic carbocycles. The third-order valence-electron chi connectivity index (χ3n) is 1.83. The van der Waals surface area contributed by atoms with Gasteiger partial charge in [0.1, 0.15) is 11.3 Å². The topological polar surface area (TPSA) is 79.0 Å². The highest BCUT2D eigenvalue weighted by atomic mass is 79.9. The molecule has 0 saturated carbocycles. The SMILES string of the molecule is [N-]=[N+]=Nc1cc2ccc(Br)cc2oc1=O. The van der Waals surface area contributed by atoms with Crippen LogP contribution in [0.3, 0.4) is 0 Å². The first-order valence-electron chi connectivity index (χ1n) is 3.99. The lowest BCUT2D eigenvalue weighted by molar-refractivity contribution is 0.562. The molecule has 1 aromatic heterocycles. The maximum Gasteiger partial charge on any atom is 0.345 e. The van der Waals surface area contributed by atoms with Crippen LogP contribution in [-0.2, 0) is 0 Å². The van der Waals surface area contributed by atoms with E-state index >= 15 is 0 Å². The van der Waals surface area contributed by atoms with E-state index in [0.717, 1.165) is 4.47 Å². The molecular weight excluding hydrogens is 262 g/mol. The van der Waals surface area contributed by atoms with Crippen molar-refractivity contribution in [2.75, 3.05) is 0 Å². The van der Waals surface area contributed by atoms with Crippen molar-refractivity contribution in [2.45, 2.75) is 0 Å². The van der Waals surface area contributed by atoms with Crippen molar-refractivity contribution in [3.05, 3.63) is 49.6 Å². The van der Waals surface area contributed by atoms with Crippen LogP contribution in [0.2, 0.25) is 0 Å². The van der Waals surface area contributed by atoms with Gasteiger partial charge in [0.05, 0.1) is 0 Å². The van der Waals surface area contributed by atoms with Gasteiger partial charge in [-0.2, -0.15) is 0 Å². The molecule has 0 amide bonds. The molecule has 5 nitrogen and oxygen atoms in total. The van der Waals surface area contributed by atoms with Crippen molar-refractivity contribution >= 4 is 32.6 Å². The second-order valence-electron chi connectivity index (χ2n) is 2.79. The van der Waals surface area contributed by atoms with E-state index in [9.17, 15) is 4.79 Å². The minimum Gasteiger partial charge on any atom is -0.422 e. The van der Waals surface area contributed by atoms with Crippen LogP contribution in [0.5, 0.6) is 0 Å². The Hall–Kier alpha value is -1.78. The second-order valence-corrected chi connectivity index (χ2v) is 3.71. The van der Waals surface area contributed by atoms with Gasteiger partial charge in [0, 0.05) is 14.8 Å². The summed E-state index contributed by atoms with van der Waals surface area (Å²) in [7, 11) is 0. The maximum absolute atomic E-state index is 11.3. The van der Waals surface area contributed by atoms with Crippen LogP contribution in [-0.4, -0.2) is 0 Å². The lowest BCUT2D eigenvalue weighted by Crippen LogP contribution is -1.96. The third kappa shape index (κ3) is 1.86. The van der Waals surface area contributed by atoms with Crippen LogP contribution in [0, 0.1) is 0 Å². The predicted octanol–water partition coefficient (Wildman–Crippen LogP) is 3.50. The van der Waals surface area contributed by atoms with Gasteiger partial charge >= 0.3 is 5.63 Å². The minimum absolute atomic E-state index is 0.0349. The van der Waals surface area contributed by atoms with Crippen molar-refractivity contribution in [1.29, 1.82) is 0 Å².